The van der Waals surface area contributed by atoms with Crippen molar-refractivity contribution in [3.63, 3.8) is 0 Å². The second kappa shape index (κ2) is 6.84. The smallest absolute Gasteiger partial charge is 0.341 e. The SMILES string of the molecule is CN1CCN(c2cc3c(cc2F)c(=O)c(C(=O)O)cn3N2CCCC2)CC1. The van der Waals surface area contributed by atoms with Crippen molar-refractivity contribution in [2.45, 2.75) is 12.8 Å². The molecule has 3 heterocycles. The van der Waals surface area contributed by atoms with Crippen molar-refractivity contribution >= 4 is 22.6 Å². The van der Waals surface area contributed by atoms with Crippen molar-refractivity contribution in [3.8, 4) is 0 Å². The Morgan fingerprint density at radius 3 is 2.37 bits per heavy atom. The number of anilines is 1. The quantitative estimate of drug-likeness (QED) is 0.874. The van der Waals surface area contributed by atoms with Gasteiger partial charge in [0.2, 0.25) is 5.43 Å². The van der Waals surface area contributed by atoms with Crippen molar-refractivity contribution in [3.05, 3.63) is 39.9 Å². The molecule has 0 radical (unpaired) electrons. The highest BCUT2D eigenvalue weighted by Crippen LogP contribution is 2.27. The third-order valence-corrected chi connectivity index (χ3v) is 5.51. The molecule has 0 amide bonds. The molecule has 1 aromatic carbocycles. The Hall–Kier alpha value is -2.61. The third kappa shape index (κ3) is 3.14. The van der Waals surface area contributed by atoms with Crippen LogP contribution in [-0.4, -0.2) is 67.0 Å². The number of likely N-dealkylation sites (N-methyl/N-ethyl adjacent to an activating group) is 1. The maximum absolute atomic E-state index is 14.9. The van der Waals surface area contributed by atoms with E-state index in [-0.39, 0.29) is 10.9 Å². The molecular weight excluding hydrogens is 351 g/mol. The molecule has 144 valence electrons. The molecule has 1 aromatic heterocycles. The molecule has 2 aliphatic heterocycles. The number of nitrogens with zero attached hydrogens (tertiary/aromatic N) is 4. The second-order valence-electron chi connectivity index (χ2n) is 7.29. The van der Waals surface area contributed by atoms with Gasteiger partial charge in [-0.05, 0) is 32.0 Å². The number of aromatic nitrogens is 1. The zero-order valence-electron chi connectivity index (χ0n) is 15.3. The van der Waals surface area contributed by atoms with E-state index in [9.17, 15) is 19.1 Å². The molecule has 27 heavy (non-hydrogen) atoms. The number of aromatic carboxylic acids is 1. The number of hydrogen-bond donors (Lipinski definition) is 1. The fourth-order valence-corrected chi connectivity index (χ4v) is 3.91. The van der Waals surface area contributed by atoms with Crippen LogP contribution in [0, 0.1) is 5.82 Å². The molecular formula is C19H23FN4O3. The van der Waals surface area contributed by atoms with Crippen LogP contribution in [-0.2, 0) is 0 Å². The highest BCUT2D eigenvalue weighted by Gasteiger charge is 2.23. The van der Waals surface area contributed by atoms with Gasteiger partial charge in [-0.15, -0.1) is 0 Å². The van der Waals surface area contributed by atoms with Gasteiger partial charge in [-0.1, -0.05) is 0 Å². The lowest BCUT2D eigenvalue weighted by Gasteiger charge is -2.34. The summed E-state index contributed by atoms with van der Waals surface area (Å²) in [7, 11) is 2.03. The van der Waals surface area contributed by atoms with Crippen molar-refractivity contribution < 1.29 is 14.3 Å². The molecule has 0 bridgehead atoms. The maximum Gasteiger partial charge on any atom is 0.341 e. The summed E-state index contributed by atoms with van der Waals surface area (Å²) >= 11 is 0. The molecule has 2 fully saturated rings. The summed E-state index contributed by atoms with van der Waals surface area (Å²) in [6.07, 6.45) is 3.38. The van der Waals surface area contributed by atoms with E-state index in [1.54, 1.807) is 10.7 Å². The molecule has 0 spiro atoms. The molecule has 2 aliphatic rings. The van der Waals surface area contributed by atoms with Gasteiger partial charge in [-0.25, -0.2) is 9.18 Å². The Morgan fingerprint density at radius 1 is 1.07 bits per heavy atom. The monoisotopic (exact) mass is 374 g/mol. The second-order valence-corrected chi connectivity index (χ2v) is 7.29. The molecule has 0 saturated carbocycles. The number of halogens is 1. The maximum atomic E-state index is 14.9. The normalized spacial score (nSPS) is 18.4. The topological polar surface area (TPSA) is 69.0 Å². The fourth-order valence-electron chi connectivity index (χ4n) is 3.91. The number of hydrogen-bond acceptors (Lipinski definition) is 5. The predicted octanol–water partition coefficient (Wildman–Crippen LogP) is 1.32. The van der Waals surface area contributed by atoms with Crippen LogP contribution in [0.25, 0.3) is 10.9 Å². The number of benzene rings is 1. The number of carboxylic acids is 1. The zero-order valence-corrected chi connectivity index (χ0v) is 15.3. The number of rotatable bonds is 3. The van der Waals surface area contributed by atoms with Gasteiger partial charge in [0.25, 0.3) is 0 Å². The lowest BCUT2D eigenvalue weighted by molar-refractivity contribution is 0.0695. The molecule has 0 atom stereocenters. The number of pyridine rings is 1. The van der Waals surface area contributed by atoms with Crippen molar-refractivity contribution in [2.75, 3.05) is 56.2 Å². The lowest BCUT2D eigenvalue weighted by Crippen LogP contribution is -2.45. The van der Waals surface area contributed by atoms with Crippen LogP contribution in [0.15, 0.2) is 23.1 Å². The fraction of sp³-hybridized carbons (Fsp3) is 0.474. The van der Waals surface area contributed by atoms with Crippen LogP contribution < -0.4 is 15.3 Å². The Bertz CT molecular complexity index is 944. The van der Waals surface area contributed by atoms with Crippen molar-refractivity contribution in [2.24, 2.45) is 0 Å². The first kappa shape index (κ1) is 17.8. The lowest BCUT2D eigenvalue weighted by atomic mass is 10.1. The van der Waals surface area contributed by atoms with E-state index in [1.807, 2.05) is 17.0 Å². The zero-order chi connectivity index (χ0) is 19.1. The van der Waals surface area contributed by atoms with Crippen LogP contribution in [0.3, 0.4) is 0 Å². The van der Waals surface area contributed by atoms with E-state index < -0.39 is 17.2 Å². The minimum atomic E-state index is -1.29. The Balaban J connectivity index is 1.90. The molecule has 1 N–H and O–H groups in total. The standard InChI is InChI=1S/C19H23FN4O3/c1-21-6-8-22(9-7-21)17-11-16-13(10-15(17)20)18(25)14(19(26)27)12-24(16)23-4-2-3-5-23/h10-12H,2-9H2,1H3,(H,26,27). The Morgan fingerprint density at radius 2 is 1.74 bits per heavy atom. The van der Waals surface area contributed by atoms with Gasteiger partial charge in [-0.2, -0.15) is 0 Å². The third-order valence-electron chi connectivity index (χ3n) is 5.51. The summed E-state index contributed by atoms with van der Waals surface area (Å²) in [5, 5.41) is 11.5. The number of carboxylic acid groups (broad SMARTS) is 1. The van der Waals surface area contributed by atoms with Crippen molar-refractivity contribution in [1.29, 1.82) is 0 Å². The summed E-state index contributed by atoms with van der Waals surface area (Å²) in [6.45, 7) is 4.65. The molecule has 0 unspecified atom stereocenters. The summed E-state index contributed by atoms with van der Waals surface area (Å²) in [5.41, 5.74) is 0.0474. The van der Waals surface area contributed by atoms with Crippen LogP contribution in [0.5, 0.6) is 0 Å². The van der Waals surface area contributed by atoms with Gasteiger partial charge in [-0.3, -0.25) is 9.47 Å². The first-order chi connectivity index (χ1) is 13.0. The minimum Gasteiger partial charge on any atom is -0.477 e. The van der Waals surface area contributed by atoms with Crippen molar-refractivity contribution in [1.82, 2.24) is 9.58 Å². The Kier molecular flexibility index (Phi) is 4.51. The molecule has 0 aliphatic carbocycles. The van der Waals surface area contributed by atoms with E-state index in [0.717, 1.165) is 39.0 Å². The van der Waals surface area contributed by atoms with Crippen LogP contribution in [0.1, 0.15) is 23.2 Å². The van der Waals surface area contributed by atoms with E-state index in [4.69, 9.17) is 0 Å². The van der Waals surface area contributed by atoms with E-state index in [1.165, 1.54) is 12.3 Å². The number of fused-ring (bicyclic) bond motifs is 1. The van der Waals surface area contributed by atoms with Gasteiger partial charge in [0.1, 0.15) is 11.4 Å². The first-order valence-corrected chi connectivity index (χ1v) is 9.26. The molecule has 7 nitrogen and oxygen atoms in total. The van der Waals surface area contributed by atoms with Crippen LogP contribution in [0.4, 0.5) is 10.1 Å². The highest BCUT2D eigenvalue weighted by molar-refractivity contribution is 5.93. The van der Waals surface area contributed by atoms with E-state index in [2.05, 4.69) is 4.90 Å². The van der Waals surface area contributed by atoms with Gasteiger partial charge in [0, 0.05) is 45.5 Å². The molecule has 2 saturated heterocycles. The van der Waals surface area contributed by atoms with Crippen LogP contribution in [0.2, 0.25) is 0 Å². The number of piperazine rings is 1. The van der Waals surface area contributed by atoms with E-state index >= 15 is 0 Å². The van der Waals surface area contributed by atoms with Gasteiger partial charge in [0.15, 0.2) is 0 Å². The average molecular weight is 374 g/mol. The highest BCUT2D eigenvalue weighted by atomic mass is 19.1. The molecule has 2 aromatic rings. The summed E-state index contributed by atoms with van der Waals surface area (Å²) in [5.74, 6) is -1.78. The number of carbonyl (C=O) groups is 1. The largest absolute Gasteiger partial charge is 0.477 e. The van der Waals surface area contributed by atoms with E-state index in [0.29, 0.717) is 24.3 Å². The predicted molar refractivity (Wildman–Crippen MR) is 102 cm³/mol. The Labute approximate surface area is 156 Å². The summed E-state index contributed by atoms with van der Waals surface area (Å²) in [6, 6.07) is 2.89. The summed E-state index contributed by atoms with van der Waals surface area (Å²) < 4.78 is 16.6. The van der Waals surface area contributed by atoms with Gasteiger partial charge in [0.05, 0.1) is 16.6 Å². The van der Waals surface area contributed by atoms with Gasteiger partial charge >= 0.3 is 5.97 Å². The average Bonchev–Trinajstić information content (AvgIpc) is 3.17. The van der Waals surface area contributed by atoms with Gasteiger partial charge < -0.3 is 19.9 Å². The first-order valence-electron chi connectivity index (χ1n) is 9.26. The molecule has 8 heteroatoms. The summed E-state index contributed by atoms with van der Waals surface area (Å²) in [4.78, 5) is 28.3. The molecule has 4 rings (SSSR count). The minimum absolute atomic E-state index is 0.108. The van der Waals surface area contributed by atoms with Crippen LogP contribution >= 0.6 is 0 Å².